The normalized spacial score (nSPS) is 19.6. The minimum atomic E-state index is -3.54. The van der Waals surface area contributed by atoms with Crippen molar-refractivity contribution in [1.82, 2.24) is 4.31 Å². The molecule has 0 aromatic heterocycles. The zero-order valence-electron chi connectivity index (χ0n) is 18.1. The summed E-state index contributed by atoms with van der Waals surface area (Å²) in [6.45, 7) is 4.66. The SMILES string of the molecule is C=CCC(CCN(C)S(=O)(=O)c1ccccc1)C1=N[C@@H](COC)[C@H](c2ccccc2)O1. The third-order valence-corrected chi connectivity index (χ3v) is 7.27. The molecule has 2 aromatic carbocycles. The summed E-state index contributed by atoms with van der Waals surface area (Å²) in [5.41, 5.74) is 1.05. The van der Waals surface area contributed by atoms with Crippen LogP contribution < -0.4 is 0 Å². The first kappa shape index (κ1) is 23.2. The molecule has 0 N–H and O–H groups in total. The lowest BCUT2D eigenvalue weighted by molar-refractivity contribution is 0.116. The molecule has 1 aliphatic heterocycles. The van der Waals surface area contributed by atoms with Gasteiger partial charge >= 0.3 is 0 Å². The second-order valence-corrected chi connectivity index (χ2v) is 9.63. The van der Waals surface area contributed by atoms with Crippen molar-refractivity contribution in [3.05, 3.63) is 78.9 Å². The van der Waals surface area contributed by atoms with Gasteiger partial charge in [0.1, 0.15) is 12.1 Å². The Morgan fingerprint density at radius 3 is 2.42 bits per heavy atom. The van der Waals surface area contributed by atoms with E-state index in [1.165, 1.54) is 4.31 Å². The van der Waals surface area contributed by atoms with Crippen molar-refractivity contribution in [2.75, 3.05) is 27.3 Å². The molecule has 1 aliphatic rings. The molecule has 1 unspecified atom stereocenters. The molecule has 0 radical (unpaired) electrons. The molecule has 2 aromatic rings. The topological polar surface area (TPSA) is 68.2 Å². The summed E-state index contributed by atoms with van der Waals surface area (Å²) in [7, 11) is -0.284. The number of ether oxygens (including phenoxy) is 2. The highest BCUT2D eigenvalue weighted by Crippen LogP contribution is 2.33. The second-order valence-electron chi connectivity index (χ2n) is 7.59. The maximum atomic E-state index is 12.8. The minimum Gasteiger partial charge on any atom is -0.470 e. The number of nitrogens with zero attached hydrogens (tertiary/aromatic N) is 2. The maximum Gasteiger partial charge on any atom is 0.242 e. The first-order valence-corrected chi connectivity index (χ1v) is 11.8. The van der Waals surface area contributed by atoms with Crippen molar-refractivity contribution in [3.8, 4) is 0 Å². The molecule has 0 saturated heterocycles. The molecule has 166 valence electrons. The highest BCUT2D eigenvalue weighted by molar-refractivity contribution is 7.89. The minimum absolute atomic E-state index is 0.0565. The van der Waals surface area contributed by atoms with Crippen molar-refractivity contribution < 1.29 is 17.9 Å². The van der Waals surface area contributed by atoms with Crippen LogP contribution in [0.1, 0.15) is 24.5 Å². The zero-order valence-corrected chi connectivity index (χ0v) is 18.9. The van der Waals surface area contributed by atoms with Gasteiger partial charge in [-0.3, -0.25) is 0 Å². The van der Waals surface area contributed by atoms with E-state index < -0.39 is 10.0 Å². The Balaban J connectivity index is 1.72. The summed E-state index contributed by atoms with van der Waals surface area (Å²) in [5, 5.41) is 0. The van der Waals surface area contributed by atoms with Gasteiger partial charge < -0.3 is 9.47 Å². The molecule has 0 bridgehead atoms. The molecule has 0 aliphatic carbocycles. The highest BCUT2D eigenvalue weighted by atomic mass is 32.2. The van der Waals surface area contributed by atoms with E-state index in [4.69, 9.17) is 14.5 Å². The average Bonchev–Trinajstić information content (AvgIpc) is 3.21. The smallest absolute Gasteiger partial charge is 0.242 e. The highest BCUT2D eigenvalue weighted by Gasteiger charge is 2.35. The van der Waals surface area contributed by atoms with E-state index >= 15 is 0 Å². The quantitative estimate of drug-likeness (QED) is 0.492. The first-order valence-electron chi connectivity index (χ1n) is 10.4. The van der Waals surface area contributed by atoms with Gasteiger partial charge in [0.25, 0.3) is 0 Å². The summed E-state index contributed by atoms with van der Waals surface area (Å²) in [6.07, 6.45) is 2.84. The van der Waals surface area contributed by atoms with Gasteiger partial charge in [0, 0.05) is 26.6 Å². The maximum absolute atomic E-state index is 12.8. The van der Waals surface area contributed by atoms with Crippen molar-refractivity contribution in [1.29, 1.82) is 0 Å². The van der Waals surface area contributed by atoms with Crippen LogP contribution in [0.15, 0.2) is 83.2 Å². The first-order chi connectivity index (χ1) is 15.0. The number of rotatable bonds is 11. The van der Waals surface area contributed by atoms with Gasteiger partial charge in [0.05, 0.1) is 11.5 Å². The van der Waals surface area contributed by atoms with Crippen molar-refractivity contribution in [3.63, 3.8) is 0 Å². The lowest BCUT2D eigenvalue weighted by Crippen LogP contribution is -2.30. The van der Waals surface area contributed by atoms with Crippen LogP contribution in [0.4, 0.5) is 0 Å². The van der Waals surface area contributed by atoms with Gasteiger partial charge in [-0.05, 0) is 30.5 Å². The predicted octanol–water partition coefficient (Wildman–Crippen LogP) is 4.07. The number of hydrogen-bond acceptors (Lipinski definition) is 5. The number of sulfonamides is 1. The fourth-order valence-corrected chi connectivity index (χ4v) is 4.88. The Morgan fingerprint density at radius 1 is 1.16 bits per heavy atom. The lowest BCUT2D eigenvalue weighted by atomic mass is 10.0. The lowest BCUT2D eigenvalue weighted by Gasteiger charge is -2.22. The summed E-state index contributed by atoms with van der Waals surface area (Å²) in [5.74, 6) is 0.584. The summed E-state index contributed by atoms with van der Waals surface area (Å²) in [4.78, 5) is 5.09. The zero-order chi connectivity index (χ0) is 22.3. The van der Waals surface area contributed by atoms with Crippen LogP contribution in [-0.2, 0) is 19.5 Å². The van der Waals surface area contributed by atoms with E-state index in [0.29, 0.717) is 31.9 Å². The number of methoxy groups -OCH3 is 1. The van der Waals surface area contributed by atoms with E-state index in [1.54, 1.807) is 44.5 Å². The summed E-state index contributed by atoms with van der Waals surface area (Å²) >= 11 is 0. The van der Waals surface area contributed by atoms with E-state index in [1.807, 2.05) is 36.4 Å². The van der Waals surface area contributed by atoms with Gasteiger partial charge in [0.2, 0.25) is 10.0 Å². The van der Waals surface area contributed by atoms with Gasteiger partial charge in [-0.2, -0.15) is 0 Å². The van der Waals surface area contributed by atoms with E-state index in [2.05, 4.69) is 6.58 Å². The predicted molar refractivity (Wildman–Crippen MR) is 123 cm³/mol. The summed E-state index contributed by atoms with van der Waals surface area (Å²) in [6, 6.07) is 18.3. The molecule has 7 heteroatoms. The van der Waals surface area contributed by atoms with Gasteiger partial charge in [0.15, 0.2) is 5.90 Å². The Morgan fingerprint density at radius 2 is 1.81 bits per heavy atom. The van der Waals surface area contributed by atoms with Crippen LogP contribution in [0.5, 0.6) is 0 Å². The van der Waals surface area contributed by atoms with Crippen molar-refractivity contribution in [2.24, 2.45) is 10.9 Å². The van der Waals surface area contributed by atoms with Crippen LogP contribution in [0.2, 0.25) is 0 Å². The molecule has 3 rings (SSSR count). The van der Waals surface area contributed by atoms with Crippen LogP contribution in [-0.4, -0.2) is 52.0 Å². The monoisotopic (exact) mass is 442 g/mol. The number of benzene rings is 2. The largest absolute Gasteiger partial charge is 0.470 e. The molecule has 6 nitrogen and oxygen atoms in total. The van der Waals surface area contributed by atoms with Crippen LogP contribution in [0.3, 0.4) is 0 Å². The average molecular weight is 443 g/mol. The standard InChI is InChI=1S/C24H30N2O4S/c1-4-11-20(16-17-26(2)31(27,28)21-14-9-6-10-15-21)24-25-22(18-29-3)23(30-24)19-12-7-5-8-13-19/h4-10,12-15,20,22-23H,1,11,16-18H2,2-3H3/t20?,22-,23-/m0/s1. The van der Waals surface area contributed by atoms with Gasteiger partial charge in [-0.25, -0.2) is 17.7 Å². The molecule has 31 heavy (non-hydrogen) atoms. The molecule has 0 spiro atoms. The molecule has 0 amide bonds. The second kappa shape index (κ2) is 10.7. The van der Waals surface area contributed by atoms with Crippen LogP contribution in [0, 0.1) is 5.92 Å². The van der Waals surface area contributed by atoms with E-state index in [9.17, 15) is 8.42 Å². The van der Waals surface area contributed by atoms with Gasteiger partial charge in [-0.15, -0.1) is 6.58 Å². The molecular weight excluding hydrogens is 412 g/mol. The Labute approximate surface area is 185 Å². The molecule has 3 atom stereocenters. The van der Waals surface area contributed by atoms with Gasteiger partial charge in [-0.1, -0.05) is 54.6 Å². The van der Waals surface area contributed by atoms with E-state index in [0.717, 1.165) is 5.56 Å². The number of allylic oxidation sites excluding steroid dienone is 1. The number of hydrogen-bond donors (Lipinski definition) is 0. The van der Waals surface area contributed by atoms with Crippen molar-refractivity contribution in [2.45, 2.75) is 29.9 Å². The number of aliphatic imine (C=N–C) groups is 1. The summed E-state index contributed by atoms with van der Waals surface area (Å²) < 4.78 is 38.7. The third kappa shape index (κ3) is 5.61. The van der Waals surface area contributed by atoms with Crippen molar-refractivity contribution >= 4 is 15.9 Å². The molecular formula is C24H30N2O4S. The van der Waals surface area contributed by atoms with Crippen LogP contribution >= 0.6 is 0 Å². The fraction of sp³-hybridized carbons (Fsp3) is 0.375. The Kier molecular flexibility index (Phi) is 8.01. The van der Waals surface area contributed by atoms with Crippen LogP contribution in [0.25, 0.3) is 0 Å². The molecule has 1 heterocycles. The fourth-order valence-electron chi connectivity index (χ4n) is 3.67. The van der Waals surface area contributed by atoms with E-state index in [-0.39, 0.29) is 23.0 Å². The Bertz CT molecular complexity index is 977. The molecule has 0 fully saturated rings. The third-order valence-electron chi connectivity index (χ3n) is 5.40. The Hall–Kier alpha value is -2.48. The molecule has 0 saturated carbocycles.